The highest BCUT2D eigenvalue weighted by molar-refractivity contribution is 6.30. The van der Waals surface area contributed by atoms with Gasteiger partial charge in [-0.1, -0.05) is 48.8 Å². The van der Waals surface area contributed by atoms with Gasteiger partial charge in [0, 0.05) is 22.8 Å². The first kappa shape index (κ1) is 24.6. The minimum Gasteiger partial charge on any atom is -0.493 e. The molecule has 0 spiro atoms. The number of ether oxygens (including phenoxy) is 2. The van der Waals surface area contributed by atoms with Gasteiger partial charge in [0.1, 0.15) is 0 Å². The number of aromatic nitrogens is 2. The maximum absolute atomic E-state index is 13.2. The molecule has 0 fully saturated rings. The first-order valence-corrected chi connectivity index (χ1v) is 11.8. The van der Waals surface area contributed by atoms with Crippen LogP contribution in [0.3, 0.4) is 0 Å². The third kappa shape index (κ3) is 5.12. The Kier molecular flexibility index (Phi) is 7.31. The van der Waals surface area contributed by atoms with Crippen molar-refractivity contribution in [3.63, 3.8) is 0 Å². The van der Waals surface area contributed by atoms with Crippen molar-refractivity contribution in [2.45, 2.75) is 33.2 Å². The van der Waals surface area contributed by atoms with E-state index in [0.29, 0.717) is 40.7 Å². The minimum atomic E-state index is -0.523. The van der Waals surface area contributed by atoms with Crippen molar-refractivity contribution in [3.05, 3.63) is 64.6 Å². The molecule has 8 nitrogen and oxygen atoms in total. The molecular formula is C26H29ClN4O4. The quantitative estimate of drug-likeness (QED) is 0.414. The summed E-state index contributed by atoms with van der Waals surface area (Å²) < 4.78 is 16.6. The van der Waals surface area contributed by atoms with Gasteiger partial charge in [-0.15, -0.1) is 0 Å². The molecule has 2 aromatic carbocycles. The predicted molar refractivity (Wildman–Crippen MR) is 134 cm³/mol. The zero-order valence-corrected chi connectivity index (χ0v) is 21.2. The molecule has 1 aromatic heterocycles. The lowest BCUT2D eigenvalue weighted by molar-refractivity contribution is 0.202. The van der Waals surface area contributed by atoms with Crippen LogP contribution in [-0.4, -0.2) is 41.8 Å². The summed E-state index contributed by atoms with van der Waals surface area (Å²) in [5.41, 5.74) is 3.03. The van der Waals surface area contributed by atoms with Gasteiger partial charge in [-0.2, -0.15) is 4.98 Å². The number of nitrogens with one attached hydrogen (secondary N) is 1. The summed E-state index contributed by atoms with van der Waals surface area (Å²) >= 11 is 6.15. The predicted octanol–water partition coefficient (Wildman–Crippen LogP) is 5.95. The average molecular weight is 497 g/mol. The standard InChI is InChI=1S/C26H29ClN4O4/c1-15(2)11-12-31-16(3)22(25-29-24(30-35-25)18-7-6-8-19(27)13-18)23(28-26(31)32)17-9-10-20(33-4)21(14-17)34-5/h6-10,13-15,23H,11-12H2,1-5H3,(H,28,32). The Labute approximate surface area is 209 Å². The van der Waals surface area contributed by atoms with Crippen molar-refractivity contribution in [2.24, 2.45) is 5.92 Å². The first-order valence-electron chi connectivity index (χ1n) is 11.4. The number of hydrogen-bond acceptors (Lipinski definition) is 6. The van der Waals surface area contributed by atoms with Crippen LogP contribution in [0.15, 0.2) is 52.7 Å². The van der Waals surface area contributed by atoms with Crippen LogP contribution in [0.1, 0.15) is 44.7 Å². The smallest absolute Gasteiger partial charge is 0.322 e. The van der Waals surface area contributed by atoms with Gasteiger partial charge in [0.15, 0.2) is 11.5 Å². The minimum absolute atomic E-state index is 0.179. The molecule has 0 radical (unpaired) electrons. The lowest BCUT2D eigenvalue weighted by atomic mass is 9.94. The maximum atomic E-state index is 13.2. The van der Waals surface area contributed by atoms with Gasteiger partial charge in [-0.05, 0) is 49.1 Å². The van der Waals surface area contributed by atoms with Gasteiger partial charge >= 0.3 is 6.03 Å². The summed E-state index contributed by atoms with van der Waals surface area (Å²) in [6.07, 6.45) is 0.858. The highest BCUT2D eigenvalue weighted by Crippen LogP contribution is 2.40. The van der Waals surface area contributed by atoms with Crippen molar-refractivity contribution < 1.29 is 18.8 Å². The summed E-state index contributed by atoms with van der Waals surface area (Å²) in [6.45, 7) is 6.74. The zero-order valence-electron chi connectivity index (χ0n) is 20.5. The molecule has 0 saturated heterocycles. The Bertz CT molecular complexity index is 1250. The highest BCUT2D eigenvalue weighted by Gasteiger charge is 2.36. The third-order valence-corrected chi connectivity index (χ3v) is 6.24. The molecule has 2 heterocycles. The molecule has 0 aliphatic carbocycles. The number of rotatable bonds is 8. The van der Waals surface area contributed by atoms with Crippen LogP contribution in [0.2, 0.25) is 5.02 Å². The van der Waals surface area contributed by atoms with E-state index in [-0.39, 0.29) is 6.03 Å². The first-order chi connectivity index (χ1) is 16.8. The van der Waals surface area contributed by atoms with Crippen LogP contribution >= 0.6 is 11.6 Å². The van der Waals surface area contributed by atoms with E-state index in [1.165, 1.54) is 0 Å². The number of benzene rings is 2. The van der Waals surface area contributed by atoms with E-state index in [4.69, 9.17) is 25.6 Å². The Morgan fingerprint density at radius 2 is 1.91 bits per heavy atom. The topological polar surface area (TPSA) is 89.7 Å². The number of urea groups is 1. The average Bonchev–Trinajstić information content (AvgIpc) is 3.32. The highest BCUT2D eigenvalue weighted by atomic mass is 35.5. The molecule has 0 saturated carbocycles. The second kappa shape index (κ2) is 10.4. The van der Waals surface area contributed by atoms with Gasteiger partial charge in [-0.3, -0.25) is 4.90 Å². The van der Waals surface area contributed by atoms with E-state index in [0.717, 1.165) is 28.8 Å². The van der Waals surface area contributed by atoms with Crippen LogP contribution in [0, 0.1) is 5.92 Å². The normalized spacial score (nSPS) is 16.0. The molecule has 35 heavy (non-hydrogen) atoms. The van der Waals surface area contributed by atoms with E-state index >= 15 is 0 Å². The van der Waals surface area contributed by atoms with E-state index in [9.17, 15) is 4.79 Å². The molecule has 4 rings (SSSR count). The molecule has 1 aliphatic rings. The van der Waals surface area contributed by atoms with Crippen LogP contribution in [0.4, 0.5) is 4.79 Å². The fourth-order valence-electron chi connectivity index (χ4n) is 4.08. The van der Waals surface area contributed by atoms with Crippen LogP contribution in [-0.2, 0) is 0 Å². The molecule has 1 N–H and O–H groups in total. The van der Waals surface area contributed by atoms with Gasteiger partial charge in [0.05, 0.1) is 25.8 Å². The summed E-state index contributed by atoms with van der Waals surface area (Å²) in [5, 5.41) is 7.89. The summed E-state index contributed by atoms with van der Waals surface area (Å²) in [5.74, 6) is 2.34. The van der Waals surface area contributed by atoms with Crippen molar-refractivity contribution >= 4 is 23.2 Å². The number of methoxy groups -OCH3 is 2. The SMILES string of the molecule is COc1ccc(C2NC(=O)N(CCC(C)C)C(C)=C2c2nc(-c3cccc(Cl)c3)no2)cc1OC. The second-order valence-electron chi connectivity index (χ2n) is 8.76. The number of amides is 2. The van der Waals surface area contributed by atoms with Crippen LogP contribution in [0.25, 0.3) is 17.0 Å². The number of allylic oxidation sites excluding steroid dienone is 1. The lowest BCUT2D eigenvalue weighted by Gasteiger charge is -2.35. The fraction of sp³-hybridized carbons (Fsp3) is 0.346. The Morgan fingerprint density at radius 1 is 1.14 bits per heavy atom. The molecule has 2 amide bonds. The molecule has 1 unspecified atom stereocenters. The van der Waals surface area contributed by atoms with Crippen molar-refractivity contribution in [2.75, 3.05) is 20.8 Å². The molecule has 1 aliphatic heterocycles. The zero-order chi connectivity index (χ0) is 25.1. The Hall–Kier alpha value is -3.52. The summed E-state index contributed by atoms with van der Waals surface area (Å²) in [7, 11) is 3.16. The summed E-state index contributed by atoms with van der Waals surface area (Å²) in [4.78, 5) is 19.6. The van der Waals surface area contributed by atoms with E-state index in [1.54, 1.807) is 31.3 Å². The van der Waals surface area contributed by atoms with Gasteiger partial charge in [-0.25, -0.2) is 4.79 Å². The summed E-state index contributed by atoms with van der Waals surface area (Å²) in [6, 6.07) is 12.1. The van der Waals surface area contributed by atoms with Crippen molar-refractivity contribution in [1.82, 2.24) is 20.4 Å². The van der Waals surface area contributed by atoms with Crippen molar-refractivity contribution in [1.29, 1.82) is 0 Å². The van der Waals surface area contributed by atoms with Gasteiger partial charge in [0.25, 0.3) is 5.89 Å². The van der Waals surface area contributed by atoms with Gasteiger partial charge < -0.3 is 19.3 Å². The van der Waals surface area contributed by atoms with Crippen LogP contribution in [0.5, 0.6) is 11.5 Å². The molecule has 3 aromatic rings. The van der Waals surface area contributed by atoms with E-state index in [2.05, 4.69) is 29.3 Å². The number of halogens is 1. The molecule has 1 atom stereocenters. The number of hydrogen-bond donors (Lipinski definition) is 1. The van der Waals surface area contributed by atoms with E-state index in [1.807, 2.05) is 37.3 Å². The number of carbonyl (C=O) groups is 1. The second-order valence-corrected chi connectivity index (χ2v) is 9.20. The number of carbonyl (C=O) groups excluding carboxylic acids is 1. The van der Waals surface area contributed by atoms with Crippen molar-refractivity contribution in [3.8, 4) is 22.9 Å². The Balaban J connectivity index is 1.81. The monoisotopic (exact) mass is 496 g/mol. The van der Waals surface area contributed by atoms with Crippen LogP contribution < -0.4 is 14.8 Å². The van der Waals surface area contributed by atoms with Gasteiger partial charge in [0.2, 0.25) is 5.82 Å². The molecule has 184 valence electrons. The molecule has 9 heteroatoms. The third-order valence-electron chi connectivity index (χ3n) is 6.01. The number of nitrogens with zero attached hydrogens (tertiary/aromatic N) is 3. The van der Waals surface area contributed by atoms with E-state index < -0.39 is 6.04 Å². The molecular weight excluding hydrogens is 468 g/mol. The largest absolute Gasteiger partial charge is 0.493 e. The Morgan fingerprint density at radius 3 is 2.60 bits per heavy atom. The lowest BCUT2D eigenvalue weighted by Crippen LogP contribution is -2.46. The fourth-order valence-corrected chi connectivity index (χ4v) is 4.27. The maximum Gasteiger partial charge on any atom is 0.322 e. The molecule has 0 bridgehead atoms.